The van der Waals surface area contributed by atoms with Crippen molar-refractivity contribution in [1.29, 1.82) is 0 Å². The van der Waals surface area contributed by atoms with Gasteiger partial charge in [-0.1, -0.05) is 53.8 Å². The maximum atomic E-state index is 14.8. The van der Waals surface area contributed by atoms with Gasteiger partial charge in [0.2, 0.25) is 0 Å². The first-order valence-electron chi connectivity index (χ1n) is 10.9. The zero-order valence-electron chi connectivity index (χ0n) is 18.3. The Bertz CT molecular complexity index is 1250. The van der Waals surface area contributed by atoms with Gasteiger partial charge >= 0.3 is 0 Å². The second-order valence-corrected chi connectivity index (χ2v) is 9.20. The van der Waals surface area contributed by atoms with Crippen molar-refractivity contribution < 1.29 is 4.39 Å². The van der Waals surface area contributed by atoms with Gasteiger partial charge in [-0.05, 0) is 30.7 Å². The molecule has 0 aliphatic carbocycles. The molecular weight excluding hydrogens is 435 g/mol. The summed E-state index contributed by atoms with van der Waals surface area (Å²) in [6.07, 6.45) is 1.71. The quantitative estimate of drug-likeness (QED) is 0.468. The van der Waals surface area contributed by atoms with Crippen LogP contribution < -0.4 is 16.0 Å². The van der Waals surface area contributed by atoms with Crippen LogP contribution in [0, 0.1) is 5.82 Å². The number of benzene rings is 2. The third kappa shape index (κ3) is 4.25. The van der Waals surface area contributed by atoms with Crippen LogP contribution in [0.5, 0.6) is 0 Å². The molecule has 1 saturated heterocycles. The molecule has 1 fully saturated rings. The fourth-order valence-electron chi connectivity index (χ4n) is 3.96. The van der Waals surface area contributed by atoms with Gasteiger partial charge in [-0.2, -0.15) is 0 Å². The summed E-state index contributed by atoms with van der Waals surface area (Å²) in [7, 11) is 0. The summed E-state index contributed by atoms with van der Waals surface area (Å²) >= 11 is 1.53. The van der Waals surface area contributed by atoms with Crippen molar-refractivity contribution in [2.75, 3.05) is 31.1 Å². The van der Waals surface area contributed by atoms with Crippen molar-refractivity contribution in [3.63, 3.8) is 0 Å². The number of hydrogen-bond donors (Lipinski definition) is 2. The molecule has 8 heteroatoms. The largest absolute Gasteiger partial charge is 0.346 e. The van der Waals surface area contributed by atoms with Gasteiger partial charge in [0, 0.05) is 37.9 Å². The SMILES string of the molecule is C[C@](N)(c1ccccc1)c1nccc(-c2sc(N3CCNCC3)nc2-c2ccccc2F)n1. The molecule has 2 aromatic heterocycles. The van der Waals surface area contributed by atoms with Crippen molar-refractivity contribution >= 4 is 16.5 Å². The van der Waals surface area contributed by atoms with Crippen LogP contribution in [0.4, 0.5) is 9.52 Å². The Kier molecular flexibility index (Phi) is 5.88. The average molecular weight is 461 g/mol. The first kappa shape index (κ1) is 21.6. The van der Waals surface area contributed by atoms with Crippen LogP contribution in [0.2, 0.25) is 0 Å². The van der Waals surface area contributed by atoms with Crippen LogP contribution in [0.3, 0.4) is 0 Å². The lowest BCUT2D eigenvalue weighted by molar-refractivity contribution is 0.558. The first-order chi connectivity index (χ1) is 16.0. The van der Waals surface area contributed by atoms with E-state index < -0.39 is 5.54 Å². The van der Waals surface area contributed by atoms with Crippen molar-refractivity contribution in [3.05, 3.63) is 84.1 Å². The Morgan fingerprint density at radius 3 is 2.48 bits per heavy atom. The number of thiazole rings is 1. The molecule has 0 bridgehead atoms. The fourth-order valence-corrected chi connectivity index (χ4v) is 5.06. The topological polar surface area (TPSA) is 80.0 Å². The molecule has 0 radical (unpaired) electrons. The number of nitrogens with zero attached hydrogens (tertiary/aromatic N) is 4. The Balaban J connectivity index is 1.62. The van der Waals surface area contributed by atoms with E-state index in [0.717, 1.165) is 41.8 Å². The molecule has 6 nitrogen and oxygen atoms in total. The smallest absolute Gasteiger partial charge is 0.186 e. The summed E-state index contributed by atoms with van der Waals surface area (Å²) < 4.78 is 14.8. The van der Waals surface area contributed by atoms with Crippen molar-refractivity contribution in [1.82, 2.24) is 20.3 Å². The predicted octanol–water partition coefficient (Wildman–Crippen LogP) is 4.04. The highest BCUT2D eigenvalue weighted by molar-refractivity contribution is 7.19. The van der Waals surface area contributed by atoms with Gasteiger partial charge in [0.1, 0.15) is 5.82 Å². The number of halogens is 1. The predicted molar refractivity (Wildman–Crippen MR) is 131 cm³/mol. The molecule has 33 heavy (non-hydrogen) atoms. The maximum absolute atomic E-state index is 14.8. The summed E-state index contributed by atoms with van der Waals surface area (Å²) in [5.41, 5.74) is 8.47. The number of aromatic nitrogens is 3. The molecule has 3 N–H and O–H groups in total. The number of anilines is 1. The van der Waals surface area contributed by atoms with Crippen LogP contribution in [-0.4, -0.2) is 41.1 Å². The summed E-state index contributed by atoms with van der Waals surface area (Å²) in [6, 6.07) is 18.3. The van der Waals surface area contributed by atoms with E-state index in [4.69, 9.17) is 15.7 Å². The molecule has 0 amide bonds. The number of nitrogens with two attached hydrogens (primary N) is 1. The standard InChI is InChI=1S/C25H25FN6S/c1-25(27,17-7-3-2-4-8-17)23-29-12-11-20(30-23)22-21(18-9-5-6-10-19(18)26)31-24(33-22)32-15-13-28-14-16-32/h2-12,28H,13-16,27H2,1H3/t25-/m0/s1. The van der Waals surface area contributed by atoms with E-state index in [1.54, 1.807) is 18.3 Å². The molecule has 1 aliphatic heterocycles. The second kappa shape index (κ2) is 8.97. The molecule has 0 unspecified atom stereocenters. The van der Waals surface area contributed by atoms with Crippen LogP contribution in [0.15, 0.2) is 66.9 Å². The minimum Gasteiger partial charge on any atom is -0.346 e. The van der Waals surface area contributed by atoms with Gasteiger partial charge in [0.25, 0.3) is 0 Å². The molecular formula is C25H25FN6S. The van der Waals surface area contributed by atoms with E-state index >= 15 is 0 Å². The number of hydrogen-bond acceptors (Lipinski definition) is 7. The number of nitrogens with one attached hydrogen (secondary N) is 1. The summed E-state index contributed by atoms with van der Waals surface area (Å²) in [5.74, 6) is 0.195. The lowest BCUT2D eigenvalue weighted by atomic mass is 9.92. The minimum atomic E-state index is -0.874. The minimum absolute atomic E-state index is 0.307. The van der Waals surface area contributed by atoms with Gasteiger partial charge in [0.05, 0.1) is 21.8 Å². The van der Waals surface area contributed by atoms with Crippen molar-refractivity contribution in [3.8, 4) is 21.8 Å². The van der Waals surface area contributed by atoms with Gasteiger partial charge in [0.15, 0.2) is 11.0 Å². The molecule has 1 atom stereocenters. The van der Waals surface area contributed by atoms with Crippen LogP contribution in [0.25, 0.3) is 21.8 Å². The average Bonchev–Trinajstić information content (AvgIpc) is 3.31. The van der Waals surface area contributed by atoms with Crippen molar-refractivity contribution in [2.24, 2.45) is 5.73 Å². The zero-order valence-corrected chi connectivity index (χ0v) is 19.1. The van der Waals surface area contributed by atoms with Gasteiger partial charge in [-0.3, -0.25) is 0 Å². The normalized spacial score (nSPS) is 15.9. The molecule has 3 heterocycles. The summed E-state index contributed by atoms with van der Waals surface area (Å²) in [5, 5.41) is 4.22. The molecule has 5 rings (SSSR count). The second-order valence-electron chi connectivity index (χ2n) is 8.22. The van der Waals surface area contributed by atoms with E-state index in [2.05, 4.69) is 15.2 Å². The number of rotatable bonds is 5. The highest BCUT2D eigenvalue weighted by Crippen LogP contribution is 2.41. The molecule has 4 aromatic rings. The first-order valence-corrected chi connectivity index (χ1v) is 11.8. The Morgan fingerprint density at radius 2 is 1.73 bits per heavy atom. The Morgan fingerprint density at radius 1 is 1.00 bits per heavy atom. The van der Waals surface area contributed by atoms with Crippen LogP contribution >= 0.6 is 11.3 Å². The molecule has 0 saturated carbocycles. The van der Waals surface area contributed by atoms with Gasteiger partial charge in [-0.25, -0.2) is 19.3 Å². The monoisotopic (exact) mass is 460 g/mol. The number of piperazine rings is 1. The van der Waals surface area contributed by atoms with E-state index in [9.17, 15) is 4.39 Å². The van der Waals surface area contributed by atoms with E-state index in [-0.39, 0.29) is 5.82 Å². The molecule has 0 spiro atoms. The third-order valence-electron chi connectivity index (χ3n) is 5.86. The van der Waals surface area contributed by atoms with E-state index in [1.165, 1.54) is 17.4 Å². The maximum Gasteiger partial charge on any atom is 0.186 e. The highest BCUT2D eigenvalue weighted by atomic mass is 32.1. The van der Waals surface area contributed by atoms with Crippen molar-refractivity contribution in [2.45, 2.75) is 12.5 Å². The lowest BCUT2D eigenvalue weighted by Gasteiger charge is -2.26. The molecule has 168 valence electrons. The van der Waals surface area contributed by atoms with E-state index in [0.29, 0.717) is 22.8 Å². The third-order valence-corrected chi connectivity index (χ3v) is 7.00. The summed E-state index contributed by atoms with van der Waals surface area (Å²) in [4.78, 5) is 17.2. The Labute approximate surface area is 196 Å². The van der Waals surface area contributed by atoms with Gasteiger partial charge in [-0.15, -0.1) is 0 Å². The van der Waals surface area contributed by atoms with Gasteiger partial charge < -0.3 is 16.0 Å². The fraction of sp³-hybridized carbons (Fsp3) is 0.240. The zero-order chi connectivity index (χ0) is 22.8. The van der Waals surface area contributed by atoms with Crippen LogP contribution in [0.1, 0.15) is 18.3 Å². The van der Waals surface area contributed by atoms with Crippen LogP contribution in [-0.2, 0) is 5.54 Å². The lowest BCUT2D eigenvalue weighted by Crippen LogP contribution is -2.43. The summed E-state index contributed by atoms with van der Waals surface area (Å²) in [6.45, 7) is 5.40. The molecule has 2 aromatic carbocycles. The Hall–Kier alpha value is -3.20. The molecule has 1 aliphatic rings. The van der Waals surface area contributed by atoms with E-state index in [1.807, 2.05) is 49.4 Å². The highest BCUT2D eigenvalue weighted by Gasteiger charge is 2.28.